The van der Waals surface area contributed by atoms with Crippen molar-refractivity contribution in [1.29, 1.82) is 0 Å². The fourth-order valence-corrected chi connectivity index (χ4v) is 2.87. The molecular weight excluding hydrogens is 222 g/mol. The Balaban J connectivity index is 2.42. The van der Waals surface area contributed by atoms with Crippen LogP contribution in [0.4, 0.5) is 5.69 Å². The fourth-order valence-electron chi connectivity index (χ4n) is 1.72. The predicted octanol–water partition coefficient (Wildman–Crippen LogP) is 3.00. The maximum absolute atomic E-state index is 5.30. The van der Waals surface area contributed by atoms with E-state index in [9.17, 15) is 0 Å². The number of thioether (sulfide) groups is 1. The lowest BCUT2D eigenvalue weighted by Gasteiger charge is -2.32. The van der Waals surface area contributed by atoms with E-state index in [1.54, 1.807) is 14.2 Å². The Labute approximate surface area is 101 Å². The predicted molar refractivity (Wildman–Crippen MR) is 68.0 cm³/mol. The van der Waals surface area contributed by atoms with Gasteiger partial charge in [0, 0.05) is 22.3 Å². The van der Waals surface area contributed by atoms with E-state index in [2.05, 4.69) is 19.2 Å². The zero-order valence-electron chi connectivity index (χ0n) is 10.1. The first kappa shape index (κ1) is 11.5. The van der Waals surface area contributed by atoms with Gasteiger partial charge in [-0.05, 0) is 19.9 Å². The molecule has 1 aliphatic rings. The van der Waals surface area contributed by atoms with Gasteiger partial charge in [-0.2, -0.15) is 0 Å². The van der Waals surface area contributed by atoms with Gasteiger partial charge in [0.1, 0.15) is 0 Å². The van der Waals surface area contributed by atoms with Gasteiger partial charge in [-0.3, -0.25) is 0 Å². The number of rotatable bonds is 2. The van der Waals surface area contributed by atoms with Gasteiger partial charge in [0.05, 0.1) is 19.9 Å². The molecule has 1 aliphatic heterocycles. The van der Waals surface area contributed by atoms with Gasteiger partial charge in [0.25, 0.3) is 0 Å². The second-order valence-corrected chi connectivity index (χ2v) is 6.17. The molecule has 0 aliphatic carbocycles. The number of ether oxygens (including phenoxy) is 2. The minimum Gasteiger partial charge on any atom is -0.493 e. The van der Waals surface area contributed by atoms with Gasteiger partial charge >= 0.3 is 0 Å². The third-order valence-corrected chi connectivity index (χ3v) is 3.83. The van der Waals surface area contributed by atoms with E-state index in [1.165, 1.54) is 4.90 Å². The highest BCUT2D eigenvalue weighted by Gasteiger charge is 2.27. The number of anilines is 1. The van der Waals surface area contributed by atoms with Crippen LogP contribution in [-0.4, -0.2) is 25.5 Å². The zero-order valence-corrected chi connectivity index (χ0v) is 10.9. The minimum absolute atomic E-state index is 0.215. The van der Waals surface area contributed by atoms with E-state index >= 15 is 0 Å². The monoisotopic (exact) mass is 239 g/mol. The molecule has 0 unspecified atom stereocenters. The molecule has 88 valence electrons. The van der Waals surface area contributed by atoms with Crippen LogP contribution in [0.2, 0.25) is 0 Å². The first-order chi connectivity index (χ1) is 7.55. The molecule has 0 saturated heterocycles. The first-order valence-electron chi connectivity index (χ1n) is 5.24. The molecule has 0 aromatic heterocycles. The zero-order chi connectivity index (χ0) is 11.8. The second-order valence-electron chi connectivity index (χ2n) is 4.42. The molecule has 0 amide bonds. The number of nitrogens with one attached hydrogen (secondary N) is 1. The third kappa shape index (κ3) is 2.07. The molecule has 0 radical (unpaired) electrons. The lowest BCUT2D eigenvalue weighted by atomic mass is 10.2. The average molecular weight is 239 g/mol. The van der Waals surface area contributed by atoms with Crippen LogP contribution >= 0.6 is 11.8 Å². The van der Waals surface area contributed by atoms with Gasteiger partial charge < -0.3 is 14.8 Å². The van der Waals surface area contributed by atoms with Crippen LogP contribution in [0.3, 0.4) is 0 Å². The van der Waals surface area contributed by atoms with Gasteiger partial charge in [-0.25, -0.2) is 0 Å². The molecule has 1 aromatic rings. The van der Waals surface area contributed by atoms with E-state index in [1.807, 2.05) is 23.9 Å². The molecule has 1 heterocycles. The summed E-state index contributed by atoms with van der Waals surface area (Å²) in [5.41, 5.74) is 1.13. The number of hydrogen-bond donors (Lipinski definition) is 1. The van der Waals surface area contributed by atoms with Crippen LogP contribution < -0.4 is 14.8 Å². The topological polar surface area (TPSA) is 30.5 Å². The van der Waals surface area contributed by atoms with E-state index in [-0.39, 0.29) is 4.75 Å². The summed E-state index contributed by atoms with van der Waals surface area (Å²) in [7, 11) is 3.32. The fraction of sp³-hybridized carbons (Fsp3) is 0.500. The summed E-state index contributed by atoms with van der Waals surface area (Å²) in [5, 5.41) is 3.42. The van der Waals surface area contributed by atoms with Crippen LogP contribution in [0.15, 0.2) is 17.0 Å². The van der Waals surface area contributed by atoms with E-state index in [0.29, 0.717) is 0 Å². The minimum atomic E-state index is 0.215. The summed E-state index contributed by atoms with van der Waals surface area (Å²) in [6.07, 6.45) is 0. The van der Waals surface area contributed by atoms with Crippen molar-refractivity contribution >= 4 is 17.4 Å². The molecule has 2 rings (SSSR count). The van der Waals surface area contributed by atoms with Crippen molar-refractivity contribution in [2.24, 2.45) is 0 Å². The van der Waals surface area contributed by atoms with Crippen molar-refractivity contribution < 1.29 is 9.47 Å². The molecule has 0 spiro atoms. The molecular formula is C12H17NO2S. The Hall–Kier alpha value is -1.03. The molecule has 0 fully saturated rings. The van der Waals surface area contributed by atoms with E-state index in [4.69, 9.17) is 9.47 Å². The van der Waals surface area contributed by atoms with E-state index < -0.39 is 0 Å². The standard InChI is InChI=1S/C12H17NO2S/c1-12(2)7-13-8-5-9(14-3)10(15-4)6-11(8)16-12/h5-6,13H,7H2,1-4H3. The van der Waals surface area contributed by atoms with Crippen molar-refractivity contribution in [1.82, 2.24) is 0 Å². The molecule has 3 nitrogen and oxygen atoms in total. The van der Waals surface area contributed by atoms with Gasteiger partial charge in [0.15, 0.2) is 11.5 Å². The smallest absolute Gasteiger partial charge is 0.162 e. The number of benzene rings is 1. The maximum atomic E-state index is 5.30. The van der Waals surface area contributed by atoms with Crippen LogP contribution in [-0.2, 0) is 0 Å². The van der Waals surface area contributed by atoms with Crippen LogP contribution in [0.1, 0.15) is 13.8 Å². The van der Waals surface area contributed by atoms with Gasteiger partial charge in [0.2, 0.25) is 0 Å². The van der Waals surface area contributed by atoms with Crippen LogP contribution in [0.25, 0.3) is 0 Å². The Morgan fingerprint density at radius 1 is 1.19 bits per heavy atom. The summed E-state index contributed by atoms with van der Waals surface area (Å²) in [5.74, 6) is 1.56. The summed E-state index contributed by atoms with van der Waals surface area (Å²) in [6, 6.07) is 4.03. The van der Waals surface area contributed by atoms with Gasteiger partial charge in [-0.15, -0.1) is 11.8 Å². The summed E-state index contributed by atoms with van der Waals surface area (Å²) in [4.78, 5) is 1.22. The summed E-state index contributed by atoms with van der Waals surface area (Å²) < 4.78 is 10.8. The quantitative estimate of drug-likeness (QED) is 0.859. The average Bonchev–Trinajstić information content (AvgIpc) is 2.26. The van der Waals surface area contributed by atoms with Crippen molar-refractivity contribution in [3.05, 3.63) is 12.1 Å². The molecule has 0 atom stereocenters. The first-order valence-corrected chi connectivity index (χ1v) is 6.06. The Morgan fingerprint density at radius 2 is 1.81 bits per heavy atom. The number of methoxy groups -OCH3 is 2. The highest BCUT2D eigenvalue weighted by atomic mass is 32.2. The maximum Gasteiger partial charge on any atom is 0.162 e. The normalized spacial score (nSPS) is 17.2. The highest BCUT2D eigenvalue weighted by molar-refractivity contribution is 8.00. The van der Waals surface area contributed by atoms with E-state index in [0.717, 1.165) is 23.7 Å². The molecule has 1 N–H and O–H groups in total. The van der Waals surface area contributed by atoms with Crippen molar-refractivity contribution in [2.75, 3.05) is 26.1 Å². The molecule has 0 saturated carbocycles. The Morgan fingerprint density at radius 3 is 2.44 bits per heavy atom. The largest absolute Gasteiger partial charge is 0.493 e. The van der Waals surface area contributed by atoms with Crippen LogP contribution in [0, 0.1) is 0 Å². The molecule has 16 heavy (non-hydrogen) atoms. The lowest BCUT2D eigenvalue weighted by molar-refractivity contribution is 0.354. The second kappa shape index (κ2) is 4.09. The van der Waals surface area contributed by atoms with Crippen molar-refractivity contribution in [3.63, 3.8) is 0 Å². The lowest BCUT2D eigenvalue weighted by Crippen LogP contribution is -2.29. The van der Waals surface area contributed by atoms with Crippen molar-refractivity contribution in [3.8, 4) is 11.5 Å². The SMILES string of the molecule is COc1cc2c(cc1OC)SC(C)(C)CN2. The molecule has 0 bridgehead atoms. The van der Waals surface area contributed by atoms with Crippen molar-refractivity contribution in [2.45, 2.75) is 23.5 Å². The highest BCUT2D eigenvalue weighted by Crippen LogP contribution is 2.45. The van der Waals surface area contributed by atoms with Gasteiger partial charge in [-0.1, -0.05) is 0 Å². The van der Waals surface area contributed by atoms with Crippen LogP contribution in [0.5, 0.6) is 11.5 Å². The third-order valence-electron chi connectivity index (χ3n) is 2.58. The number of fused-ring (bicyclic) bond motifs is 1. The molecule has 1 aromatic carbocycles. The summed E-state index contributed by atoms with van der Waals surface area (Å²) in [6.45, 7) is 5.41. The summed E-state index contributed by atoms with van der Waals surface area (Å²) >= 11 is 1.86. The number of hydrogen-bond acceptors (Lipinski definition) is 4. The molecule has 4 heteroatoms. The Kier molecular flexibility index (Phi) is 2.93. The Bertz CT molecular complexity index is 404.